The standard InChI is InChI=1S/C9H18N2.C2H6/c1-10-7-5-8-3-4-9(6-7)11(8)2;1-2/h7-10H,3-6H2,1-2H3;1-2H3. The van der Waals surface area contributed by atoms with Crippen molar-refractivity contribution in [3.05, 3.63) is 0 Å². The van der Waals surface area contributed by atoms with Gasteiger partial charge < -0.3 is 10.2 Å². The highest BCUT2D eigenvalue weighted by Crippen LogP contribution is 2.33. The van der Waals surface area contributed by atoms with Crippen LogP contribution in [0.3, 0.4) is 0 Å². The van der Waals surface area contributed by atoms with Gasteiger partial charge in [0.15, 0.2) is 0 Å². The zero-order chi connectivity index (χ0) is 9.84. The van der Waals surface area contributed by atoms with E-state index in [2.05, 4.69) is 24.3 Å². The van der Waals surface area contributed by atoms with Gasteiger partial charge in [-0.25, -0.2) is 0 Å². The largest absolute Gasteiger partial charge is 0.317 e. The van der Waals surface area contributed by atoms with Crippen molar-refractivity contribution in [3.8, 4) is 0 Å². The third kappa shape index (κ3) is 2.23. The molecule has 2 fully saturated rings. The van der Waals surface area contributed by atoms with E-state index in [-0.39, 0.29) is 0 Å². The molecular weight excluding hydrogens is 160 g/mol. The van der Waals surface area contributed by atoms with Crippen LogP contribution >= 0.6 is 0 Å². The van der Waals surface area contributed by atoms with Crippen LogP contribution in [0, 0.1) is 0 Å². The Morgan fingerprint density at radius 2 is 1.54 bits per heavy atom. The Bertz CT molecular complexity index is 133. The Balaban J connectivity index is 0.000000396. The summed E-state index contributed by atoms with van der Waals surface area (Å²) in [6.45, 7) is 4.00. The van der Waals surface area contributed by atoms with Crippen molar-refractivity contribution in [3.63, 3.8) is 0 Å². The molecule has 2 saturated heterocycles. The minimum Gasteiger partial charge on any atom is -0.317 e. The van der Waals surface area contributed by atoms with Crippen molar-refractivity contribution in [2.75, 3.05) is 14.1 Å². The van der Waals surface area contributed by atoms with Gasteiger partial charge in [0, 0.05) is 18.1 Å². The fourth-order valence-corrected chi connectivity index (χ4v) is 2.65. The maximum atomic E-state index is 3.40. The molecule has 2 unspecified atom stereocenters. The van der Waals surface area contributed by atoms with Gasteiger partial charge >= 0.3 is 0 Å². The van der Waals surface area contributed by atoms with Gasteiger partial charge in [0.2, 0.25) is 0 Å². The van der Waals surface area contributed by atoms with Crippen LogP contribution in [0.2, 0.25) is 0 Å². The average molecular weight is 184 g/mol. The second-order valence-electron chi connectivity index (χ2n) is 4.01. The molecule has 0 spiro atoms. The zero-order valence-electron chi connectivity index (χ0n) is 9.51. The van der Waals surface area contributed by atoms with Crippen LogP contribution in [0.25, 0.3) is 0 Å². The molecule has 1 N–H and O–H groups in total. The first-order chi connectivity index (χ1) is 6.31. The lowest BCUT2D eigenvalue weighted by molar-refractivity contribution is 0.152. The molecule has 13 heavy (non-hydrogen) atoms. The Kier molecular flexibility index (Phi) is 4.20. The second kappa shape index (κ2) is 4.97. The molecule has 0 aromatic rings. The first-order valence-corrected chi connectivity index (χ1v) is 5.70. The number of fused-ring (bicyclic) bond motifs is 2. The number of piperidine rings is 1. The summed E-state index contributed by atoms with van der Waals surface area (Å²) in [5.74, 6) is 0. The van der Waals surface area contributed by atoms with Crippen molar-refractivity contribution in [2.24, 2.45) is 0 Å². The lowest BCUT2D eigenvalue weighted by atomic mass is 9.98. The van der Waals surface area contributed by atoms with E-state index in [0.717, 1.165) is 18.1 Å². The Labute approximate surface area is 82.7 Å². The third-order valence-electron chi connectivity index (χ3n) is 3.51. The van der Waals surface area contributed by atoms with Crippen LogP contribution in [0.15, 0.2) is 0 Å². The molecule has 0 amide bonds. The number of hydrogen-bond acceptors (Lipinski definition) is 2. The summed E-state index contributed by atoms with van der Waals surface area (Å²) in [5, 5.41) is 3.40. The third-order valence-corrected chi connectivity index (χ3v) is 3.51. The minimum absolute atomic E-state index is 0.795. The van der Waals surface area contributed by atoms with E-state index in [1.165, 1.54) is 25.7 Å². The van der Waals surface area contributed by atoms with Crippen molar-refractivity contribution in [2.45, 2.75) is 57.7 Å². The Hall–Kier alpha value is -0.0800. The molecule has 78 valence electrons. The molecule has 0 aliphatic carbocycles. The number of rotatable bonds is 1. The van der Waals surface area contributed by atoms with Gasteiger partial charge in [-0.15, -0.1) is 0 Å². The summed E-state index contributed by atoms with van der Waals surface area (Å²) in [4.78, 5) is 2.58. The molecule has 2 atom stereocenters. The molecule has 2 nitrogen and oxygen atoms in total. The zero-order valence-corrected chi connectivity index (χ0v) is 9.51. The van der Waals surface area contributed by atoms with Crippen molar-refractivity contribution in [1.82, 2.24) is 10.2 Å². The van der Waals surface area contributed by atoms with Gasteiger partial charge in [0.25, 0.3) is 0 Å². The number of hydrogen-bond donors (Lipinski definition) is 1. The summed E-state index contributed by atoms with van der Waals surface area (Å²) < 4.78 is 0. The molecule has 0 aromatic carbocycles. The predicted octanol–water partition coefficient (Wildman–Crippen LogP) is 1.86. The molecule has 2 rings (SSSR count). The molecule has 2 aliphatic rings. The summed E-state index contributed by atoms with van der Waals surface area (Å²) in [6.07, 6.45) is 5.59. The normalized spacial score (nSPS) is 38.3. The lowest BCUT2D eigenvalue weighted by Crippen LogP contribution is -2.46. The minimum atomic E-state index is 0.795. The van der Waals surface area contributed by atoms with Crippen molar-refractivity contribution >= 4 is 0 Å². The van der Waals surface area contributed by atoms with E-state index in [4.69, 9.17) is 0 Å². The van der Waals surface area contributed by atoms with E-state index in [9.17, 15) is 0 Å². The van der Waals surface area contributed by atoms with E-state index >= 15 is 0 Å². The molecule has 2 heteroatoms. The summed E-state index contributed by atoms with van der Waals surface area (Å²) >= 11 is 0. The smallest absolute Gasteiger partial charge is 0.0110 e. The quantitative estimate of drug-likeness (QED) is 0.669. The van der Waals surface area contributed by atoms with Gasteiger partial charge in [-0.1, -0.05) is 13.8 Å². The van der Waals surface area contributed by atoms with Crippen LogP contribution in [0.1, 0.15) is 39.5 Å². The first-order valence-electron chi connectivity index (χ1n) is 5.70. The van der Waals surface area contributed by atoms with Gasteiger partial charge in [0.1, 0.15) is 0 Å². The topological polar surface area (TPSA) is 15.3 Å². The SMILES string of the molecule is CC.CNC1CC2CCC(C1)N2C. The van der Waals surface area contributed by atoms with E-state index < -0.39 is 0 Å². The molecule has 0 radical (unpaired) electrons. The van der Waals surface area contributed by atoms with Gasteiger partial charge in [-0.2, -0.15) is 0 Å². The van der Waals surface area contributed by atoms with E-state index in [1.54, 1.807) is 0 Å². The molecular formula is C11H24N2. The highest BCUT2D eigenvalue weighted by atomic mass is 15.2. The fourth-order valence-electron chi connectivity index (χ4n) is 2.65. The van der Waals surface area contributed by atoms with Crippen LogP contribution in [0.4, 0.5) is 0 Å². The van der Waals surface area contributed by atoms with Gasteiger partial charge in [0.05, 0.1) is 0 Å². The van der Waals surface area contributed by atoms with Crippen LogP contribution in [-0.2, 0) is 0 Å². The number of nitrogens with one attached hydrogen (secondary N) is 1. The van der Waals surface area contributed by atoms with Gasteiger partial charge in [-0.05, 0) is 39.8 Å². The Morgan fingerprint density at radius 1 is 1.08 bits per heavy atom. The average Bonchev–Trinajstić information content (AvgIpc) is 2.45. The summed E-state index contributed by atoms with van der Waals surface area (Å²) in [5.41, 5.74) is 0. The second-order valence-corrected chi connectivity index (χ2v) is 4.01. The van der Waals surface area contributed by atoms with Crippen LogP contribution in [0.5, 0.6) is 0 Å². The van der Waals surface area contributed by atoms with Crippen LogP contribution in [-0.4, -0.2) is 37.1 Å². The monoisotopic (exact) mass is 184 g/mol. The highest BCUT2D eigenvalue weighted by molar-refractivity contribution is 4.95. The van der Waals surface area contributed by atoms with Crippen molar-refractivity contribution < 1.29 is 0 Å². The molecule has 2 bridgehead atoms. The summed E-state index contributed by atoms with van der Waals surface area (Å²) in [6, 6.07) is 2.56. The highest BCUT2D eigenvalue weighted by Gasteiger charge is 2.37. The molecule has 2 heterocycles. The number of nitrogens with zero attached hydrogens (tertiary/aromatic N) is 1. The van der Waals surface area contributed by atoms with Crippen molar-refractivity contribution in [1.29, 1.82) is 0 Å². The lowest BCUT2D eigenvalue weighted by Gasteiger charge is -2.36. The predicted molar refractivity (Wildman–Crippen MR) is 58.0 cm³/mol. The van der Waals surface area contributed by atoms with Gasteiger partial charge in [-0.3, -0.25) is 0 Å². The summed E-state index contributed by atoms with van der Waals surface area (Å²) in [7, 11) is 4.38. The molecule has 0 aromatic heterocycles. The maximum Gasteiger partial charge on any atom is 0.0110 e. The fraction of sp³-hybridized carbons (Fsp3) is 1.00. The van der Waals surface area contributed by atoms with E-state index in [0.29, 0.717) is 0 Å². The Morgan fingerprint density at radius 3 is 1.92 bits per heavy atom. The molecule has 2 aliphatic heterocycles. The van der Waals surface area contributed by atoms with Crippen LogP contribution < -0.4 is 5.32 Å². The van der Waals surface area contributed by atoms with E-state index in [1.807, 2.05) is 13.8 Å². The molecule has 0 saturated carbocycles. The maximum absolute atomic E-state index is 3.40. The first kappa shape index (κ1) is 11.0.